The molecule has 0 spiro atoms. The number of carbonyl (C=O) groups is 1. The molecule has 1 N–H and O–H groups in total. The van der Waals surface area contributed by atoms with Crippen LogP contribution in [0, 0.1) is 0 Å². The summed E-state index contributed by atoms with van der Waals surface area (Å²) in [4.78, 5) is 12.3. The first-order valence-corrected chi connectivity index (χ1v) is 11.5. The van der Waals surface area contributed by atoms with Crippen LogP contribution in [0.15, 0.2) is 95.2 Å². The van der Waals surface area contributed by atoms with Crippen LogP contribution in [0.4, 0.5) is 0 Å². The quantitative estimate of drug-likeness (QED) is 0.217. The van der Waals surface area contributed by atoms with Crippen LogP contribution in [0.1, 0.15) is 12.5 Å². The van der Waals surface area contributed by atoms with Crippen molar-refractivity contribution < 1.29 is 9.53 Å². The van der Waals surface area contributed by atoms with Crippen LogP contribution in [0.3, 0.4) is 0 Å². The number of hydrogen-bond acceptors (Lipinski definition) is 6. The van der Waals surface area contributed by atoms with Crippen LogP contribution < -0.4 is 10.2 Å². The summed E-state index contributed by atoms with van der Waals surface area (Å²) in [6.45, 7) is 2.74. The van der Waals surface area contributed by atoms with E-state index in [0.29, 0.717) is 17.5 Å². The van der Waals surface area contributed by atoms with Gasteiger partial charge < -0.3 is 9.30 Å². The molecule has 33 heavy (non-hydrogen) atoms. The van der Waals surface area contributed by atoms with Crippen molar-refractivity contribution in [3.05, 3.63) is 90.5 Å². The van der Waals surface area contributed by atoms with E-state index in [1.807, 2.05) is 96.4 Å². The number of benzene rings is 3. The number of amides is 1. The lowest BCUT2D eigenvalue weighted by Gasteiger charge is -2.07. The maximum atomic E-state index is 12.3. The van der Waals surface area contributed by atoms with Gasteiger partial charge in [0.2, 0.25) is 0 Å². The molecular formula is C25H23N5O2S. The van der Waals surface area contributed by atoms with E-state index in [-0.39, 0.29) is 11.7 Å². The average Bonchev–Trinajstić information content (AvgIpc) is 3.27. The molecule has 8 heteroatoms. The summed E-state index contributed by atoms with van der Waals surface area (Å²) < 4.78 is 7.82. The molecule has 0 radical (unpaired) electrons. The van der Waals surface area contributed by atoms with E-state index in [1.165, 1.54) is 11.8 Å². The summed E-state index contributed by atoms with van der Waals surface area (Å²) in [5.41, 5.74) is 4.36. The summed E-state index contributed by atoms with van der Waals surface area (Å²) >= 11 is 1.33. The number of hydrogen-bond donors (Lipinski definition) is 1. The van der Waals surface area contributed by atoms with Gasteiger partial charge in [-0.15, -0.1) is 10.2 Å². The predicted octanol–water partition coefficient (Wildman–Crippen LogP) is 5.00. The van der Waals surface area contributed by atoms with E-state index < -0.39 is 0 Å². The van der Waals surface area contributed by atoms with Crippen LogP contribution in [0.5, 0.6) is 11.5 Å². The van der Waals surface area contributed by atoms with Crippen molar-refractivity contribution in [2.75, 3.05) is 5.75 Å². The van der Waals surface area contributed by atoms with E-state index in [1.54, 1.807) is 6.21 Å². The Bertz CT molecular complexity index is 1230. The van der Waals surface area contributed by atoms with E-state index in [9.17, 15) is 4.79 Å². The number of ether oxygens (including phenoxy) is 1. The Morgan fingerprint density at radius 3 is 2.48 bits per heavy atom. The van der Waals surface area contributed by atoms with Crippen molar-refractivity contribution in [1.29, 1.82) is 0 Å². The number of carbonyl (C=O) groups excluding carboxylic acids is 1. The lowest BCUT2D eigenvalue weighted by molar-refractivity contribution is -0.118. The molecule has 3 aromatic carbocycles. The standard InChI is InChI=1S/C25H23N5O2S/c1-2-30-24(20-11-5-3-6-12-20)28-29-25(30)33-18-23(31)27-26-17-19-10-9-15-22(16-19)32-21-13-7-4-8-14-21/h3-17H,2,18H2,1H3,(H,27,31)/b26-17-. The number of thioether (sulfide) groups is 1. The molecular weight excluding hydrogens is 434 g/mol. The van der Waals surface area contributed by atoms with Gasteiger partial charge in [-0.05, 0) is 36.8 Å². The minimum Gasteiger partial charge on any atom is -0.457 e. The van der Waals surface area contributed by atoms with E-state index in [0.717, 1.165) is 22.7 Å². The first kappa shape index (κ1) is 22.3. The average molecular weight is 458 g/mol. The van der Waals surface area contributed by atoms with Crippen LogP contribution in [0.2, 0.25) is 0 Å². The van der Waals surface area contributed by atoms with Gasteiger partial charge in [0.05, 0.1) is 12.0 Å². The third kappa shape index (κ3) is 6.08. The lowest BCUT2D eigenvalue weighted by Crippen LogP contribution is -2.20. The maximum absolute atomic E-state index is 12.3. The van der Waals surface area contributed by atoms with Crippen LogP contribution in [0.25, 0.3) is 11.4 Å². The minimum absolute atomic E-state index is 0.182. The Morgan fingerprint density at radius 1 is 1.00 bits per heavy atom. The van der Waals surface area contributed by atoms with Crippen molar-refractivity contribution in [3.8, 4) is 22.9 Å². The Labute approximate surface area is 196 Å². The SMILES string of the molecule is CCn1c(SCC(=O)N/N=C\c2cccc(Oc3ccccc3)c2)nnc1-c1ccccc1. The number of aromatic nitrogens is 3. The second-order valence-electron chi connectivity index (χ2n) is 6.99. The molecule has 1 heterocycles. The largest absolute Gasteiger partial charge is 0.457 e. The predicted molar refractivity (Wildman–Crippen MR) is 131 cm³/mol. The van der Waals surface area contributed by atoms with E-state index >= 15 is 0 Å². The molecule has 0 aliphatic heterocycles. The van der Waals surface area contributed by atoms with Gasteiger partial charge in [-0.3, -0.25) is 4.79 Å². The maximum Gasteiger partial charge on any atom is 0.250 e. The summed E-state index contributed by atoms with van der Waals surface area (Å²) in [5.74, 6) is 2.20. The molecule has 1 aromatic heterocycles. The number of nitrogens with zero attached hydrogens (tertiary/aromatic N) is 4. The van der Waals surface area contributed by atoms with Gasteiger partial charge in [-0.25, -0.2) is 5.43 Å². The van der Waals surface area contributed by atoms with Gasteiger partial charge in [-0.1, -0.05) is 72.4 Å². The first-order chi connectivity index (χ1) is 16.2. The van der Waals surface area contributed by atoms with Crippen molar-refractivity contribution in [2.24, 2.45) is 5.10 Å². The summed E-state index contributed by atoms with van der Waals surface area (Å²) in [7, 11) is 0. The van der Waals surface area contributed by atoms with Gasteiger partial charge in [-0.2, -0.15) is 5.10 Å². The summed E-state index contributed by atoms with van der Waals surface area (Å²) in [5, 5.41) is 13.3. The molecule has 0 saturated heterocycles. The Hall–Kier alpha value is -3.91. The second-order valence-corrected chi connectivity index (χ2v) is 7.93. The molecule has 0 aliphatic carbocycles. The highest BCUT2D eigenvalue weighted by Crippen LogP contribution is 2.24. The Morgan fingerprint density at radius 2 is 1.73 bits per heavy atom. The van der Waals surface area contributed by atoms with Crippen LogP contribution in [-0.4, -0.2) is 32.6 Å². The van der Waals surface area contributed by atoms with Gasteiger partial charge in [0, 0.05) is 12.1 Å². The highest BCUT2D eigenvalue weighted by atomic mass is 32.2. The van der Waals surface area contributed by atoms with E-state index in [2.05, 4.69) is 20.7 Å². The number of para-hydroxylation sites is 1. The Balaban J connectivity index is 1.31. The number of rotatable bonds is 9. The molecule has 0 aliphatic rings. The lowest BCUT2D eigenvalue weighted by atomic mass is 10.2. The van der Waals surface area contributed by atoms with Gasteiger partial charge in [0.15, 0.2) is 11.0 Å². The third-order valence-electron chi connectivity index (χ3n) is 4.64. The molecule has 0 unspecified atom stereocenters. The highest BCUT2D eigenvalue weighted by molar-refractivity contribution is 7.99. The molecule has 0 fully saturated rings. The first-order valence-electron chi connectivity index (χ1n) is 10.5. The van der Waals surface area contributed by atoms with Gasteiger partial charge in [0.25, 0.3) is 5.91 Å². The highest BCUT2D eigenvalue weighted by Gasteiger charge is 2.14. The topological polar surface area (TPSA) is 81.4 Å². The molecule has 0 bridgehead atoms. The zero-order valence-corrected chi connectivity index (χ0v) is 18.9. The summed E-state index contributed by atoms with van der Waals surface area (Å²) in [6.07, 6.45) is 1.59. The molecule has 0 atom stereocenters. The Kier molecular flexibility index (Phi) is 7.50. The molecule has 7 nitrogen and oxygen atoms in total. The molecule has 1 amide bonds. The van der Waals surface area contributed by atoms with Crippen LogP contribution in [-0.2, 0) is 11.3 Å². The fourth-order valence-electron chi connectivity index (χ4n) is 3.11. The second kappa shape index (κ2) is 11.1. The van der Waals surface area contributed by atoms with Crippen molar-refractivity contribution in [2.45, 2.75) is 18.6 Å². The smallest absolute Gasteiger partial charge is 0.250 e. The fraction of sp³-hybridized carbons (Fsp3) is 0.120. The van der Waals surface area contributed by atoms with Crippen molar-refractivity contribution in [1.82, 2.24) is 20.2 Å². The van der Waals surface area contributed by atoms with Crippen molar-refractivity contribution >= 4 is 23.9 Å². The molecule has 0 saturated carbocycles. The fourth-order valence-corrected chi connectivity index (χ4v) is 3.90. The van der Waals surface area contributed by atoms with E-state index in [4.69, 9.17) is 4.74 Å². The number of hydrazone groups is 1. The minimum atomic E-state index is -0.222. The monoisotopic (exact) mass is 457 g/mol. The molecule has 166 valence electrons. The zero-order chi connectivity index (χ0) is 22.9. The number of nitrogens with one attached hydrogen (secondary N) is 1. The normalized spacial score (nSPS) is 10.9. The van der Waals surface area contributed by atoms with Gasteiger partial charge in [0.1, 0.15) is 11.5 Å². The third-order valence-corrected chi connectivity index (χ3v) is 5.60. The zero-order valence-electron chi connectivity index (χ0n) is 18.1. The van der Waals surface area contributed by atoms with Crippen molar-refractivity contribution in [3.63, 3.8) is 0 Å². The van der Waals surface area contributed by atoms with Crippen LogP contribution >= 0.6 is 11.8 Å². The summed E-state index contributed by atoms with van der Waals surface area (Å²) in [6, 6.07) is 26.9. The van der Waals surface area contributed by atoms with Gasteiger partial charge >= 0.3 is 0 Å². The molecule has 4 rings (SSSR count). The molecule has 4 aromatic rings.